The number of carbonyl (C=O) groups is 1. The average Bonchev–Trinajstić information content (AvgIpc) is 2.17. The van der Waals surface area contributed by atoms with Crippen LogP contribution in [0.1, 0.15) is 46.5 Å². The van der Waals surface area contributed by atoms with E-state index >= 15 is 0 Å². The summed E-state index contributed by atoms with van der Waals surface area (Å²) in [6, 6.07) is 0. The van der Waals surface area contributed by atoms with Crippen LogP contribution in [0.4, 0.5) is 0 Å². The Hall–Kier alpha value is -0.380. The third kappa shape index (κ3) is 2.80. The van der Waals surface area contributed by atoms with Gasteiger partial charge in [0.1, 0.15) is 4.75 Å². The average molecular weight is 232 g/mol. The summed E-state index contributed by atoms with van der Waals surface area (Å²) in [5.41, 5.74) is 0. The molecule has 0 bridgehead atoms. The molecule has 1 atom stereocenters. The highest BCUT2D eigenvalue weighted by Gasteiger charge is 2.39. The summed E-state index contributed by atoms with van der Waals surface area (Å²) in [6.45, 7) is 5.31. The van der Waals surface area contributed by atoms with Crippen LogP contribution in [-0.2, 0) is 15.6 Å². The van der Waals surface area contributed by atoms with E-state index in [0.29, 0.717) is 5.92 Å². The quantitative estimate of drug-likeness (QED) is 0.811. The topological polar surface area (TPSA) is 54.4 Å². The van der Waals surface area contributed by atoms with Crippen LogP contribution in [0.25, 0.3) is 0 Å². The maximum atomic E-state index is 12.1. The Balaban J connectivity index is 2.65. The highest BCUT2D eigenvalue weighted by Crippen LogP contribution is 2.31. The van der Waals surface area contributed by atoms with Crippen molar-refractivity contribution in [3.63, 3.8) is 0 Å². The van der Waals surface area contributed by atoms with Crippen molar-refractivity contribution in [2.45, 2.75) is 56.5 Å². The molecule has 1 rings (SSSR count). The van der Waals surface area contributed by atoms with E-state index in [4.69, 9.17) is 5.11 Å². The number of hydrogen-bond acceptors (Lipinski definition) is 2. The summed E-state index contributed by atoms with van der Waals surface area (Å²) < 4.78 is 11.0. The molecular weight excluding hydrogens is 212 g/mol. The van der Waals surface area contributed by atoms with E-state index in [0.717, 1.165) is 25.7 Å². The number of carboxylic acids is 1. The minimum absolute atomic E-state index is 0.0762. The predicted octanol–water partition coefficient (Wildman–Crippen LogP) is 2.18. The minimum Gasteiger partial charge on any atom is -0.480 e. The van der Waals surface area contributed by atoms with Gasteiger partial charge >= 0.3 is 5.97 Å². The molecule has 0 saturated heterocycles. The Morgan fingerprint density at radius 1 is 1.27 bits per heavy atom. The van der Waals surface area contributed by atoms with Gasteiger partial charge in [-0.1, -0.05) is 6.92 Å². The second-order valence-electron chi connectivity index (χ2n) is 4.99. The lowest BCUT2D eigenvalue weighted by molar-refractivity contribution is -0.139. The van der Waals surface area contributed by atoms with Crippen LogP contribution in [-0.4, -0.2) is 25.3 Å². The Labute approximate surface area is 93.7 Å². The van der Waals surface area contributed by atoms with Gasteiger partial charge < -0.3 is 5.11 Å². The van der Waals surface area contributed by atoms with Gasteiger partial charge in [-0.3, -0.25) is 9.00 Å². The molecule has 0 heterocycles. The molecule has 0 aromatic carbocycles. The molecule has 1 unspecified atom stereocenters. The molecule has 0 spiro atoms. The van der Waals surface area contributed by atoms with Gasteiger partial charge in [-0.05, 0) is 45.4 Å². The Kier molecular flexibility index (Phi) is 3.93. The van der Waals surface area contributed by atoms with Crippen LogP contribution in [0.3, 0.4) is 0 Å². The SMILES string of the molecule is CC1CCC(S(=O)C(C)(C)C(=O)O)CC1. The summed E-state index contributed by atoms with van der Waals surface area (Å²) in [4.78, 5) is 11.0. The lowest BCUT2D eigenvalue weighted by Gasteiger charge is -2.30. The van der Waals surface area contributed by atoms with Crippen molar-refractivity contribution in [2.75, 3.05) is 0 Å². The zero-order chi connectivity index (χ0) is 11.6. The number of aliphatic carboxylic acids is 1. The van der Waals surface area contributed by atoms with Crippen LogP contribution in [0.2, 0.25) is 0 Å². The van der Waals surface area contributed by atoms with Crippen molar-refractivity contribution in [1.29, 1.82) is 0 Å². The van der Waals surface area contributed by atoms with Crippen molar-refractivity contribution < 1.29 is 14.1 Å². The van der Waals surface area contributed by atoms with Crippen molar-refractivity contribution in [3.8, 4) is 0 Å². The van der Waals surface area contributed by atoms with Crippen LogP contribution in [0, 0.1) is 5.92 Å². The summed E-state index contributed by atoms with van der Waals surface area (Å²) in [7, 11) is -1.26. The first kappa shape index (κ1) is 12.7. The molecule has 0 aliphatic heterocycles. The smallest absolute Gasteiger partial charge is 0.321 e. The summed E-state index contributed by atoms with van der Waals surface area (Å²) in [6.07, 6.45) is 3.97. The minimum atomic E-state index is -1.26. The number of carboxylic acid groups (broad SMARTS) is 1. The van der Waals surface area contributed by atoms with Gasteiger partial charge in [-0.2, -0.15) is 0 Å². The van der Waals surface area contributed by atoms with Gasteiger partial charge in [-0.25, -0.2) is 0 Å². The fraction of sp³-hybridized carbons (Fsp3) is 0.909. The molecule has 0 aromatic rings. The van der Waals surface area contributed by atoms with Crippen molar-refractivity contribution in [3.05, 3.63) is 0 Å². The largest absolute Gasteiger partial charge is 0.480 e. The lowest BCUT2D eigenvalue weighted by Crippen LogP contribution is -2.42. The third-order valence-electron chi connectivity index (χ3n) is 3.28. The molecule has 15 heavy (non-hydrogen) atoms. The van der Waals surface area contributed by atoms with Crippen LogP contribution >= 0.6 is 0 Å². The molecule has 0 aromatic heterocycles. The zero-order valence-corrected chi connectivity index (χ0v) is 10.5. The Bertz CT molecular complexity index is 265. The standard InChI is InChI=1S/C11H20O3S/c1-8-4-6-9(7-5-8)15(14)11(2,3)10(12)13/h8-9H,4-7H2,1-3H3,(H,12,13). The summed E-state index contributed by atoms with van der Waals surface area (Å²) in [5, 5.41) is 9.08. The van der Waals surface area contributed by atoms with Crippen molar-refractivity contribution in [1.82, 2.24) is 0 Å². The van der Waals surface area contributed by atoms with Crippen LogP contribution in [0.5, 0.6) is 0 Å². The first-order valence-corrected chi connectivity index (χ1v) is 6.71. The van der Waals surface area contributed by atoms with Crippen molar-refractivity contribution >= 4 is 16.8 Å². The van der Waals surface area contributed by atoms with Gasteiger partial charge in [0.15, 0.2) is 0 Å². The molecule has 0 radical (unpaired) electrons. The van der Waals surface area contributed by atoms with Gasteiger partial charge in [0.2, 0.25) is 0 Å². The lowest BCUT2D eigenvalue weighted by atomic mass is 9.91. The second-order valence-corrected chi connectivity index (χ2v) is 7.28. The molecule has 4 heteroatoms. The fourth-order valence-corrected chi connectivity index (χ4v) is 3.65. The summed E-state index contributed by atoms with van der Waals surface area (Å²) >= 11 is 0. The van der Waals surface area contributed by atoms with Crippen molar-refractivity contribution in [2.24, 2.45) is 5.92 Å². The molecule has 1 saturated carbocycles. The molecular formula is C11H20O3S. The molecule has 1 fully saturated rings. The fourth-order valence-electron chi connectivity index (χ4n) is 1.95. The second kappa shape index (κ2) is 4.64. The van der Waals surface area contributed by atoms with Gasteiger partial charge in [-0.15, -0.1) is 0 Å². The molecule has 1 N–H and O–H groups in total. The summed E-state index contributed by atoms with van der Waals surface area (Å²) in [5.74, 6) is -0.259. The Morgan fingerprint density at radius 3 is 2.13 bits per heavy atom. The highest BCUT2D eigenvalue weighted by molar-refractivity contribution is 7.87. The highest BCUT2D eigenvalue weighted by atomic mass is 32.2. The molecule has 88 valence electrons. The molecule has 0 amide bonds. The first-order chi connectivity index (χ1) is 6.85. The maximum absolute atomic E-state index is 12.1. The normalized spacial score (nSPS) is 29.8. The molecule has 1 aliphatic rings. The van der Waals surface area contributed by atoms with Crippen LogP contribution < -0.4 is 0 Å². The molecule has 3 nitrogen and oxygen atoms in total. The zero-order valence-electron chi connectivity index (χ0n) is 9.66. The van der Waals surface area contributed by atoms with E-state index in [2.05, 4.69) is 6.92 Å². The van der Waals surface area contributed by atoms with Gasteiger partial charge in [0, 0.05) is 16.0 Å². The number of rotatable bonds is 3. The van der Waals surface area contributed by atoms with E-state index in [9.17, 15) is 9.00 Å². The monoisotopic (exact) mass is 232 g/mol. The van der Waals surface area contributed by atoms with E-state index in [1.807, 2.05) is 0 Å². The van der Waals surface area contributed by atoms with Crippen LogP contribution in [0.15, 0.2) is 0 Å². The first-order valence-electron chi connectivity index (χ1n) is 5.49. The number of hydrogen-bond donors (Lipinski definition) is 1. The Morgan fingerprint density at radius 2 is 1.73 bits per heavy atom. The van der Waals surface area contributed by atoms with E-state index < -0.39 is 21.5 Å². The van der Waals surface area contributed by atoms with E-state index in [-0.39, 0.29) is 5.25 Å². The molecule has 1 aliphatic carbocycles. The van der Waals surface area contributed by atoms with E-state index in [1.165, 1.54) is 0 Å². The maximum Gasteiger partial charge on any atom is 0.321 e. The van der Waals surface area contributed by atoms with Gasteiger partial charge in [0.05, 0.1) is 0 Å². The van der Waals surface area contributed by atoms with Gasteiger partial charge in [0.25, 0.3) is 0 Å². The third-order valence-corrected chi connectivity index (χ3v) is 5.54. The predicted molar refractivity (Wildman–Crippen MR) is 61.3 cm³/mol. The van der Waals surface area contributed by atoms with E-state index in [1.54, 1.807) is 13.8 Å².